The fourth-order valence-corrected chi connectivity index (χ4v) is 0.784. The van der Waals surface area contributed by atoms with E-state index in [0.29, 0.717) is 0 Å². The van der Waals surface area contributed by atoms with Gasteiger partial charge in [0, 0.05) is 11.9 Å². The van der Waals surface area contributed by atoms with Crippen LogP contribution < -0.4 is 5.72 Å². The van der Waals surface area contributed by atoms with Crippen molar-refractivity contribution in [2.75, 3.05) is 0 Å². The van der Waals surface area contributed by atoms with Crippen LogP contribution in [-0.2, 0) is 14.3 Å². The Balaban J connectivity index is 5.87. The van der Waals surface area contributed by atoms with Crippen LogP contribution in [0.1, 0.15) is 47.3 Å². The second-order valence-corrected chi connectivity index (χ2v) is 4.14. The number of nitrogens with two attached hydrogens (primary N) is 1. The molecule has 3 N–H and O–H groups in total. The molecule has 0 amide bonds. The topological polar surface area (TPSA) is 89.6 Å². The van der Waals surface area contributed by atoms with Crippen molar-refractivity contribution in [1.82, 2.24) is 0 Å². The van der Waals surface area contributed by atoms with E-state index in [9.17, 15) is 9.59 Å². The minimum absolute atomic E-state index is 0.704. The van der Waals surface area contributed by atoms with E-state index in [4.69, 9.17) is 19.5 Å². The van der Waals surface area contributed by atoms with E-state index in [1.54, 1.807) is 0 Å². The van der Waals surface area contributed by atoms with E-state index < -0.39 is 47.9 Å². The van der Waals surface area contributed by atoms with Gasteiger partial charge in [-0.15, -0.1) is 0 Å². The average molecular weight is 238 g/mol. The Bertz CT molecular complexity index is 477. The van der Waals surface area contributed by atoms with Gasteiger partial charge in [0.2, 0.25) is 0 Å². The average Bonchev–Trinajstić information content (AvgIpc) is 2.33. The van der Waals surface area contributed by atoms with Crippen LogP contribution in [0.15, 0.2) is 0 Å². The molecule has 0 radical (unpaired) electrons. The van der Waals surface area contributed by atoms with Crippen LogP contribution in [0.5, 0.6) is 0 Å². The number of carboxylic acid groups (broad SMARTS) is 1. The number of aliphatic carboxylic acids is 1. The summed E-state index contributed by atoms with van der Waals surface area (Å²) in [5.74, 6) is -6.24. The molecule has 5 heteroatoms. The number of hydrogen-bond donors (Lipinski definition) is 2. The first-order chi connectivity index (χ1) is 9.93. The van der Waals surface area contributed by atoms with Gasteiger partial charge in [-0.25, -0.2) is 0 Å². The third-order valence-electron chi connectivity index (χ3n) is 1.26. The molecule has 0 fully saturated rings. The van der Waals surface area contributed by atoms with Crippen molar-refractivity contribution in [3.8, 4) is 0 Å². The molecule has 0 aliphatic rings. The Morgan fingerprint density at radius 3 is 2.56 bits per heavy atom. The summed E-state index contributed by atoms with van der Waals surface area (Å²) >= 11 is 0. The fourth-order valence-electron chi connectivity index (χ4n) is 0.784. The second-order valence-electron chi connectivity index (χ2n) is 4.14. The van der Waals surface area contributed by atoms with Crippen molar-refractivity contribution >= 4 is 11.9 Å². The normalized spacial score (nSPS) is 28.7. The minimum atomic E-state index is -3.52. The fraction of sp³-hybridized carbons (Fsp3) is 0.818. The Kier molecular flexibility index (Phi) is 2.41. The molecular formula is C11H21NO4. The van der Waals surface area contributed by atoms with E-state index in [1.807, 2.05) is 0 Å². The molecule has 94 valence electrons. The molecule has 0 saturated carbocycles. The lowest BCUT2D eigenvalue weighted by Crippen LogP contribution is -2.33. The standard InChI is InChI=1S/C11H21NO4/c1-7(5-8(12)10(14)15)6-9(13)16-11(2,3)4/h7-8H,5-6,12H2,1-4H3,(H,14,15)/t7?,8-/m0/s1/i5D2,6D,7D,8D/hD2/t6?,7?,8-. The van der Waals surface area contributed by atoms with E-state index in [0.717, 1.165) is 6.92 Å². The zero-order valence-corrected chi connectivity index (χ0v) is 9.70. The number of carbonyl (C=O) groups is 2. The molecule has 16 heavy (non-hydrogen) atoms. The highest BCUT2D eigenvalue weighted by atomic mass is 16.6. The molecular weight excluding hydrogens is 210 g/mol. The Hall–Kier alpha value is -1.10. The van der Waals surface area contributed by atoms with Gasteiger partial charge in [-0.2, -0.15) is 0 Å². The molecule has 0 spiro atoms. The maximum absolute atomic E-state index is 11.9. The van der Waals surface area contributed by atoms with Crippen LogP contribution in [0, 0.1) is 5.89 Å². The third kappa shape index (κ3) is 7.23. The van der Waals surface area contributed by atoms with Gasteiger partial charge in [-0.1, -0.05) is 6.92 Å². The first-order valence-corrected chi connectivity index (χ1v) is 4.59. The van der Waals surface area contributed by atoms with Gasteiger partial charge in [-0.3, -0.25) is 9.59 Å². The van der Waals surface area contributed by atoms with Crippen LogP contribution in [0.2, 0.25) is 2.82 Å². The van der Waals surface area contributed by atoms with Crippen molar-refractivity contribution in [3.63, 3.8) is 0 Å². The van der Waals surface area contributed by atoms with Crippen molar-refractivity contribution in [1.29, 1.82) is 0 Å². The number of rotatable bonds is 6. The highest BCUT2D eigenvalue weighted by Gasteiger charge is 2.21. The second kappa shape index (κ2) is 5.84. The number of esters is 1. The van der Waals surface area contributed by atoms with Gasteiger partial charge < -0.3 is 15.6 Å². The molecule has 0 rings (SSSR count). The van der Waals surface area contributed by atoms with Gasteiger partial charge in [0.25, 0.3) is 0 Å². The van der Waals surface area contributed by atoms with E-state index in [2.05, 4.69) is 0 Å². The van der Waals surface area contributed by atoms with Crippen molar-refractivity contribution in [3.05, 3.63) is 0 Å². The smallest absolute Gasteiger partial charge is 0.320 e. The first kappa shape index (κ1) is 6.59. The highest BCUT2D eigenvalue weighted by molar-refractivity contribution is 5.73. The van der Waals surface area contributed by atoms with Crippen LogP contribution in [-0.4, -0.2) is 28.7 Å². The summed E-state index contributed by atoms with van der Waals surface area (Å²) < 4.78 is 57.9. The van der Waals surface area contributed by atoms with Crippen LogP contribution in [0.3, 0.4) is 0 Å². The summed E-state index contributed by atoms with van der Waals surface area (Å²) in [7, 11) is 0. The molecule has 0 bridgehead atoms. The molecule has 0 saturated heterocycles. The van der Waals surface area contributed by atoms with E-state index >= 15 is 0 Å². The number of ether oxygens (including phenoxy) is 1. The SMILES string of the molecule is [2H]C(C(=O)OC(C)(C)C)C([2H])(C)C([2H])([2H])[C@@]([2H])(C(=O)O)N([2H])[2H]. The molecule has 0 aromatic heterocycles. The van der Waals surface area contributed by atoms with Crippen molar-refractivity contribution < 1.29 is 29.1 Å². The first-order valence-electron chi connectivity index (χ1n) is 8.06. The number of carbonyl (C=O) groups excluding carboxylic acids is 1. The maximum atomic E-state index is 11.9. The van der Waals surface area contributed by atoms with Crippen LogP contribution in [0.4, 0.5) is 0 Å². The lowest BCUT2D eigenvalue weighted by molar-refractivity contribution is -0.156. The lowest BCUT2D eigenvalue weighted by Gasteiger charge is -2.21. The summed E-state index contributed by atoms with van der Waals surface area (Å²) in [5, 5.41) is 9.04. The summed E-state index contributed by atoms with van der Waals surface area (Å²) in [5.41, 5.74) is -1.72. The summed E-state index contributed by atoms with van der Waals surface area (Å²) in [4.78, 5) is 23.1. The molecule has 2 unspecified atom stereocenters. The van der Waals surface area contributed by atoms with Crippen molar-refractivity contribution in [2.24, 2.45) is 11.6 Å². The Labute approximate surface area is 106 Å². The quantitative estimate of drug-likeness (QED) is 0.678. The molecule has 0 heterocycles. The van der Waals surface area contributed by atoms with Gasteiger partial charge in [-0.05, 0) is 33.0 Å². The predicted octanol–water partition coefficient (Wildman–Crippen LogP) is 1.16. The molecule has 0 aliphatic carbocycles. The number of hydrogen-bond acceptors (Lipinski definition) is 4. The molecule has 5 nitrogen and oxygen atoms in total. The van der Waals surface area contributed by atoms with E-state index in [1.165, 1.54) is 20.8 Å². The minimum Gasteiger partial charge on any atom is -0.480 e. The van der Waals surface area contributed by atoms with Gasteiger partial charge >= 0.3 is 11.9 Å². The largest absolute Gasteiger partial charge is 0.480 e. The third-order valence-corrected chi connectivity index (χ3v) is 1.26. The van der Waals surface area contributed by atoms with Crippen LogP contribution >= 0.6 is 0 Å². The summed E-state index contributed by atoms with van der Waals surface area (Å²) in [6, 6.07) is -3.52. The molecule has 0 aromatic rings. The van der Waals surface area contributed by atoms with Gasteiger partial charge in [0.1, 0.15) is 14.4 Å². The van der Waals surface area contributed by atoms with Crippen LogP contribution in [0.25, 0.3) is 0 Å². The van der Waals surface area contributed by atoms with E-state index in [-0.39, 0.29) is 0 Å². The zero-order valence-electron chi connectivity index (χ0n) is 16.7. The molecule has 0 aromatic carbocycles. The lowest BCUT2D eigenvalue weighted by atomic mass is 9.99. The zero-order chi connectivity index (χ0) is 19.0. The number of carboxylic acids is 1. The predicted molar refractivity (Wildman–Crippen MR) is 59.9 cm³/mol. The summed E-state index contributed by atoms with van der Waals surface area (Å²) in [6.07, 6.45) is -5.63. The molecule has 3 atom stereocenters. The van der Waals surface area contributed by atoms with Gasteiger partial charge in [0.05, 0.1) is 1.37 Å². The molecule has 0 aliphatic heterocycles. The highest BCUT2D eigenvalue weighted by Crippen LogP contribution is 2.14. The monoisotopic (exact) mass is 238 g/mol. The Morgan fingerprint density at radius 2 is 2.19 bits per heavy atom. The summed E-state index contributed by atoms with van der Waals surface area (Å²) in [6.45, 7) is 5.24. The van der Waals surface area contributed by atoms with Crippen molar-refractivity contribution in [2.45, 2.75) is 52.1 Å². The van der Waals surface area contributed by atoms with Gasteiger partial charge in [0.15, 0.2) is 0 Å². The Morgan fingerprint density at radius 1 is 1.62 bits per heavy atom. The maximum Gasteiger partial charge on any atom is 0.320 e.